The summed E-state index contributed by atoms with van der Waals surface area (Å²) in [5, 5.41) is 23.0. The zero-order valence-electron chi connectivity index (χ0n) is 14.5. The lowest BCUT2D eigenvalue weighted by atomic mass is 9.80. The topological polar surface area (TPSA) is 107 Å². The van der Waals surface area contributed by atoms with E-state index < -0.39 is 41.2 Å². The Kier molecular flexibility index (Phi) is 3.78. The van der Waals surface area contributed by atoms with Gasteiger partial charge in [-0.3, -0.25) is 19.7 Å². The molecule has 2 aliphatic rings. The molecule has 2 saturated heterocycles. The first-order chi connectivity index (χ1) is 12.9. The van der Waals surface area contributed by atoms with Crippen LogP contribution in [0.15, 0.2) is 54.6 Å². The van der Waals surface area contributed by atoms with Crippen LogP contribution in [0.25, 0.3) is 0 Å². The Morgan fingerprint density at radius 3 is 2.30 bits per heavy atom. The average Bonchev–Trinajstić information content (AvgIpc) is 3.11. The van der Waals surface area contributed by atoms with Crippen molar-refractivity contribution in [3.05, 3.63) is 60.2 Å². The van der Waals surface area contributed by atoms with Crippen LogP contribution in [0.1, 0.15) is 18.5 Å². The van der Waals surface area contributed by atoms with E-state index in [2.05, 4.69) is 5.32 Å². The van der Waals surface area contributed by atoms with Crippen LogP contribution in [0.5, 0.6) is 5.75 Å². The predicted octanol–water partition coefficient (Wildman–Crippen LogP) is 1.69. The predicted molar refractivity (Wildman–Crippen MR) is 95.9 cm³/mol. The van der Waals surface area contributed by atoms with Gasteiger partial charge in [0.15, 0.2) is 0 Å². The summed E-state index contributed by atoms with van der Waals surface area (Å²) in [6, 6.07) is 14.1. The highest BCUT2D eigenvalue weighted by atomic mass is 16.4. The Morgan fingerprint density at radius 2 is 1.67 bits per heavy atom. The lowest BCUT2D eigenvalue weighted by Crippen LogP contribution is -2.53. The number of imide groups is 1. The molecule has 138 valence electrons. The number of phenolic OH excluding ortho intramolecular Hbond substituents is 1. The van der Waals surface area contributed by atoms with Gasteiger partial charge in [-0.15, -0.1) is 0 Å². The van der Waals surface area contributed by atoms with Crippen molar-refractivity contribution in [3.63, 3.8) is 0 Å². The van der Waals surface area contributed by atoms with Crippen LogP contribution < -0.4 is 10.2 Å². The number of hydrogen-bond acceptors (Lipinski definition) is 5. The molecule has 2 fully saturated rings. The smallest absolute Gasteiger partial charge is 0.324 e. The maximum absolute atomic E-state index is 13.2. The van der Waals surface area contributed by atoms with Gasteiger partial charge in [-0.2, -0.15) is 0 Å². The van der Waals surface area contributed by atoms with E-state index in [0.717, 1.165) is 4.90 Å². The molecule has 3 N–H and O–H groups in total. The first-order valence-corrected chi connectivity index (χ1v) is 8.58. The molecule has 2 heterocycles. The minimum Gasteiger partial charge on any atom is -0.508 e. The molecule has 2 aromatic carbocycles. The molecule has 2 amide bonds. The summed E-state index contributed by atoms with van der Waals surface area (Å²) in [7, 11) is 0. The molecule has 4 rings (SSSR count). The van der Waals surface area contributed by atoms with E-state index in [1.54, 1.807) is 48.5 Å². The molecule has 2 aromatic rings. The molecule has 7 nitrogen and oxygen atoms in total. The molecular weight excluding hydrogens is 348 g/mol. The van der Waals surface area contributed by atoms with E-state index in [-0.39, 0.29) is 5.75 Å². The standard InChI is InChI=1S/C20H18N2O5/c1-20(19(26)27)15-14(16(21-20)12-9-5-6-10-13(12)23)17(24)22(18(15)25)11-7-3-2-4-8-11/h2-10,14-16,21,23H,1H3,(H,26,27)/t14-,15-,16-,20-/m1/s1. The monoisotopic (exact) mass is 366 g/mol. The van der Waals surface area contributed by atoms with Crippen LogP contribution in [0.3, 0.4) is 0 Å². The number of carboxylic acid groups (broad SMARTS) is 1. The van der Waals surface area contributed by atoms with Gasteiger partial charge in [0.25, 0.3) is 0 Å². The summed E-state index contributed by atoms with van der Waals surface area (Å²) >= 11 is 0. The summed E-state index contributed by atoms with van der Waals surface area (Å²) in [4.78, 5) is 39.4. The molecule has 0 unspecified atom stereocenters. The number of nitrogens with one attached hydrogen (secondary N) is 1. The Labute approximate surface area is 155 Å². The van der Waals surface area contributed by atoms with E-state index in [1.807, 2.05) is 0 Å². The van der Waals surface area contributed by atoms with Gasteiger partial charge in [0.2, 0.25) is 11.8 Å². The fourth-order valence-electron chi connectivity index (χ4n) is 4.18. The first kappa shape index (κ1) is 17.2. The zero-order valence-corrected chi connectivity index (χ0v) is 14.5. The molecule has 0 aromatic heterocycles. The molecule has 2 aliphatic heterocycles. The highest BCUT2D eigenvalue weighted by molar-refractivity contribution is 6.24. The number of para-hydroxylation sites is 2. The summed E-state index contributed by atoms with van der Waals surface area (Å²) in [6.45, 7) is 1.41. The van der Waals surface area contributed by atoms with Crippen molar-refractivity contribution in [1.82, 2.24) is 5.32 Å². The van der Waals surface area contributed by atoms with Gasteiger partial charge in [0.05, 0.1) is 17.5 Å². The number of carbonyl (C=O) groups is 3. The van der Waals surface area contributed by atoms with Crippen LogP contribution in [0.4, 0.5) is 5.69 Å². The highest BCUT2D eigenvalue weighted by Crippen LogP contribution is 2.50. The molecule has 0 radical (unpaired) electrons. The lowest BCUT2D eigenvalue weighted by molar-refractivity contribution is -0.147. The van der Waals surface area contributed by atoms with Crippen LogP contribution in [0, 0.1) is 11.8 Å². The highest BCUT2D eigenvalue weighted by Gasteiger charge is 2.67. The molecule has 0 aliphatic carbocycles. The molecular formula is C20H18N2O5. The van der Waals surface area contributed by atoms with E-state index >= 15 is 0 Å². The fourth-order valence-corrected chi connectivity index (χ4v) is 4.18. The van der Waals surface area contributed by atoms with Gasteiger partial charge in [0.1, 0.15) is 11.3 Å². The summed E-state index contributed by atoms with van der Waals surface area (Å²) in [6.07, 6.45) is 0. The van der Waals surface area contributed by atoms with Crippen molar-refractivity contribution in [2.24, 2.45) is 11.8 Å². The number of nitrogens with zero attached hydrogens (tertiary/aromatic N) is 1. The normalized spacial score (nSPS) is 29.8. The van der Waals surface area contributed by atoms with Gasteiger partial charge in [0, 0.05) is 11.6 Å². The Morgan fingerprint density at radius 1 is 1.04 bits per heavy atom. The van der Waals surface area contributed by atoms with E-state index in [1.165, 1.54) is 13.0 Å². The number of benzene rings is 2. The lowest BCUT2D eigenvalue weighted by Gasteiger charge is -2.27. The van der Waals surface area contributed by atoms with Gasteiger partial charge in [-0.25, -0.2) is 4.90 Å². The number of rotatable bonds is 3. The maximum Gasteiger partial charge on any atom is 0.324 e. The van der Waals surface area contributed by atoms with Crippen molar-refractivity contribution in [3.8, 4) is 5.75 Å². The Balaban J connectivity index is 1.85. The number of carboxylic acids is 1. The first-order valence-electron chi connectivity index (χ1n) is 8.58. The number of fused-ring (bicyclic) bond motifs is 1. The number of anilines is 1. The molecule has 27 heavy (non-hydrogen) atoms. The van der Waals surface area contributed by atoms with Crippen molar-refractivity contribution in [2.45, 2.75) is 18.5 Å². The van der Waals surface area contributed by atoms with Gasteiger partial charge < -0.3 is 10.2 Å². The average molecular weight is 366 g/mol. The number of amides is 2. The summed E-state index contributed by atoms with van der Waals surface area (Å²) < 4.78 is 0. The van der Waals surface area contributed by atoms with E-state index in [9.17, 15) is 24.6 Å². The number of phenols is 1. The van der Waals surface area contributed by atoms with E-state index in [0.29, 0.717) is 11.3 Å². The summed E-state index contributed by atoms with van der Waals surface area (Å²) in [5.41, 5.74) is -0.826. The second-order valence-electron chi connectivity index (χ2n) is 7.04. The SMILES string of the molecule is C[C@@]1(C(=O)O)N[C@H](c2ccccc2O)[C@@H]2C(=O)N(c3ccccc3)C(=O)[C@@H]21. The van der Waals surface area contributed by atoms with Crippen LogP contribution in [0.2, 0.25) is 0 Å². The number of aliphatic carboxylic acids is 1. The fraction of sp³-hybridized carbons (Fsp3) is 0.250. The quantitative estimate of drug-likeness (QED) is 0.714. The van der Waals surface area contributed by atoms with Crippen LogP contribution >= 0.6 is 0 Å². The molecule has 4 atom stereocenters. The van der Waals surface area contributed by atoms with Crippen molar-refractivity contribution in [2.75, 3.05) is 4.90 Å². The molecule has 0 bridgehead atoms. The Hall–Kier alpha value is -3.19. The second-order valence-corrected chi connectivity index (χ2v) is 7.04. The van der Waals surface area contributed by atoms with E-state index in [4.69, 9.17) is 0 Å². The molecule has 0 spiro atoms. The number of carbonyl (C=O) groups excluding carboxylic acids is 2. The van der Waals surface area contributed by atoms with Gasteiger partial charge in [-0.05, 0) is 25.1 Å². The molecule has 7 heteroatoms. The van der Waals surface area contributed by atoms with Gasteiger partial charge in [-0.1, -0.05) is 36.4 Å². The maximum atomic E-state index is 13.2. The minimum absolute atomic E-state index is 0.0539. The van der Waals surface area contributed by atoms with Crippen LogP contribution in [-0.2, 0) is 14.4 Å². The van der Waals surface area contributed by atoms with Crippen LogP contribution in [-0.4, -0.2) is 33.5 Å². The third kappa shape index (κ3) is 2.35. The van der Waals surface area contributed by atoms with Crippen molar-refractivity contribution >= 4 is 23.5 Å². The van der Waals surface area contributed by atoms with Crippen molar-refractivity contribution in [1.29, 1.82) is 0 Å². The van der Waals surface area contributed by atoms with Gasteiger partial charge >= 0.3 is 5.97 Å². The summed E-state index contributed by atoms with van der Waals surface area (Å²) in [5.74, 6) is -4.29. The third-order valence-corrected chi connectivity index (χ3v) is 5.52. The third-order valence-electron chi connectivity index (χ3n) is 5.52. The Bertz CT molecular complexity index is 944. The largest absolute Gasteiger partial charge is 0.508 e. The number of hydrogen-bond donors (Lipinski definition) is 3. The second kappa shape index (κ2) is 5.92. The number of aromatic hydroxyl groups is 1. The minimum atomic E-state index is -1.63. The van der Waals surface area contributed by atoms with Crippen molar-refractivity contribution < 1.29 is 24.6 Å². The zero-order chi connectivity index (χ0) is 19.3. The molecule has 0 saturated carbocycles.